The maximum atomic E-state index is 16.6. The maximum Gasteiger partial charge on any atom is 0.418 e. The average Bonchev–Trinajstić information content (AvgIpc) is 3.70. The fourth-order valence-electron chi connectivity index (χ4n) is 6.50. The van der Waals surface area contributed by atoms with Crippen molar-refractivity contribution in [1.29, 1.82) is 0 Å². The van der Waals surface area contributed by atoms with Gasteiger partial charge in [0.15, 0.2) is 5.82 Å². The Labute approximate surface area is 257 Å². The van der Waals surface area contributed by atoms with Crippen molar-refractivity contribution in [3.05, 3.63) is 23.1 Å². The van der Waals surface area contributed by atoms with Crippen LogP contribution in [0.5, 0.6) is 11.9 Å². The summed E-state index contributed by atoms with van der Waals surface area (Å²) >= 11 is 0. The molecule has 4 N–H and O–H groups in total. The molecule has 3 aromatic rings. The molecule has 3 aliphatic heterocycles. The number of halogens is 4. The number of nitrogen functional groups attached to an aromatic ring is 1. The van der Waals surface area contributed by atoms with Crippen LogP contribution in [-0.2, 0) is 10.9 Å². The van der Waals surface area contributed by atoms with Crippen LogP contribution in [0.3, 0.4) is 0 Å². The van der Waals surface area contributed by atoms with Crippen LogP contribution in [-0.4, -0.2) is 89.0 Å². The third-order valence-electron chi connectivity index (χ3n) is 9.14. The van der Waals surface area contributed by atoms with E-state index in [-0.39, 0.29) is 45.4 Å². The van der Waals surface area contributed by atoms with Crippen LogP contribution in [0.1, 0.15) is 43.9 Å². The van der Waals surface area contributed by atoms with Crippen LogP contribution in [0.4, 0.5) is 29.2 Å². The van der Waals surface area contributed by atoms with E-state index in [0.717, 1.165) is 51.6 Å². The molecule has 11 nitrogen and oxygen atoms in total. The molecule has 1 saturated carbocycles. The summed E-state index contributed by atoms with van der Waals surface area (Å²) in [4.78, 5) is 19.5. The third kappa shape index (κ3) is 5.81. The van der Waals surface area contributed by atoms with Gasteiger partial charge in [0.2, 0.25) is 5.88 Å². The van der Waals surface area contributed by atoms with Crippen LogP contribution in [0.2, 0.25) is 0 Å². The first kappa shape index (κ1) is 30.1. The molecule has 15 heteroatoms. The molecule has 0 amide bonds. The molecule has 7 rings (SSSR count). The van der Waals surface area contributed by atoms with Crippen molar-refractivity contribution in [2.45, 2.75) is 57.4 Å². The lowest BCUT2D eigenvalue weighted by atomic mass is 9.85. The zero-order valence-corrected chi connectivity index (χ0v) is 25.2. The molecule has 6 heterocycles. The van der Waals surface area contributed by atoms with E-state index in [2.05, 4.69) is 35.5 Å². The molecular formula is C30H36F4N8O3. The molecule has 2 saturated heterocycles. The number of hydrogen-bond acceptors (Lipinski definition) is 11. The lowest BCUT2D eigenvalue weighted by Crippen LogP contribution is -2.68. The highest BCUT2D eigenvalue weighted by atomic mass is 19.4. The number of likely N-dealkylation sites (tertiary alicyclic amines) is 1. The first-order valence-electron chi connectivity index (χ1n) is 15.3. The monoisotopic (exact) mass is 632 g/mol. The molecule has 45 heavy (non-hydrogen) atoms. The summed E-state index contributed by atoms with van der Waals surface area (Å²) in [5.74, 6) is -1.15. The second-order valence-corrected chi connectivity index (χ2v) is 12.8. The predicted molar refractivity (Wildman–Crippen MR) is 158 cm³/mol. The van der Waals surface area contributed by atoms with Crippen LogP contribution >= 0.6 is 0 Å². The molecule has 0 aromatic carbocycles. The number of rotatable bonds is 6. The Morgan fingerprint density at radius 1 is 1.11 bits per heavy atom. The molecule has 4 aliphatic rings. The van der Waals surface area contributed by atoms with Crippen molar-refractivity contribution in [3.63, 3.8) is 0 Å². The van der Waals surface area contributed by atoms with Crippen LogP contribution in [0.15, 0.2) is 6.07 Å². The fraction of sp³-hybridized carbons (Fsp3) is 0.600. The van der Waals surface area contributed by atoms with Gasteiger partial charge in [-0.25, -0.2) is 14.4 Å². The second kappa shape index (κ2) is 11.1. The SMILES string of the molecule is Cc1nc(N)cc(-c2nc3c4c(nc(OCC5(CN6CC7(CCO7)C6)CC5)nc4c2F)NCCNCCC(C)O3)c1C(F)(F)F. The van der Waals surface area contributed by atoms with Crippen molar-refractivity contribution < 1.29 is 31.8 Å². The van der Waals surface area contributed by atoms with Crippen molar-refractivity contribution in [2.24, 2.45) is 5.41 Å². The van der Waals surface area contributed by atoms with E-state index in [1.54, 1.807) is 0 Å². The Bertz CT molecular complexity index is 1620. The number of alkyl halides is 3. The summed E-state index contributed by atoms with van der Waals surface area (Å²) < 4.78 is 77.4. The van der Waals surface area contributed by atoms with Gasteiger partial charge in [0.25, 0.3) is 0 Å². The summed E-state index contributed by atoms with van der Waals surface area (Å²) in [7, 11) is 0. The van der Waals surface area contributed by atoms with E-state index in [4.69, 9.17) is 19.9 Å². The number of ether oxygens (including phenoxy) is 3. The molecule has 1 unspecified atom stereocenters. The number of anilines is 2. The van der Waals surface area contributed by atoms with Crippen molar-refractivity contribution in [2.75, 3.05) is 63.5 Å². The normalized spacial score (nSPS) is 22.5. The second-order valence-electron chi connectivity index (χ2n) is 12.8. The average molecular weight is 633 g/mol. The first-order valence-corrected chi connectivity index (χ1v) is 15.3. The van der Waals surface area contributed by atoms with Gasteiger partial charge in [0.1, 0.15) is 28.2 Å². The predicted octanol–water partition coefficient (Wildman–Crippen LogP) is 3.94. The lowest BCUT2D eigenvalue weighted by Gasteiger charge is -2.56. The molecule has 1 spiro atoms. The number of nitrogens with two attached hydrogens (primary N) is 1. The largest absolute Gasteiger partial charge is 0.474 e. The highest BCUT2D eigenvalue weighted by Crippen LogP contribution is 2.49. The minimum Gasteiger partial charge on any atom is -0.474 e. The molecule has 1 aliphatic carbocycles. The van der Waals surface area contributed by atoms with Crippen molar-refractivity contribution >= 4 is 22.5 Å². The Balaban J connectivity index is 1.29. The molecule has 3 fully saturated rings. The van der Waals surface area contributed by atoms with Gasteiger partial charge in [-0.1, -0.05) is 0 Å². The summed E-state index contributed by atoms with van der Waals surface area (Å²) in [6.45, 7) is 8.44. The van der Waals surface area contributed by atoms with E-state index in [1.807, 2.05) is 6.92 Å². The number of aryl methyl sites for hydroxylation is 1. The van der Waals surface area contributed by atoms with Crippen molar-refractivity contribution in [1.82, 2.24) is 30.2 Å². The van der Waals surface area contributed by atoms with Gasteiger partial charge in [0.05, 0.1) is 36.2 Å². The number of aromatic nitrogens is 4. The quantitative estimate of drug-likeness (QED) is 0.342. The molecule has 0 radical (unpaired) electrons. The Morgan fingerprint density at radius 2 is 1.89 bits per heavy atom. The Hall–Kier alpha value is -3.56. The van der Waals surface area contributed by atoms with Gasteiger partial charge < -0.3 is 30.6 Å². The number of hydrogen-bond donors (Lipinski definition) is 3. The smallest absolute Gasteiger partial charge is 0.418 e. The first-order chi connectivity index (χ1) is 21.4. The van der Waals surface area contributed by atoms with Gasteiger partial charge in [0, 0.05) is 50.1 Å². The van der Waals surface area contributed by atoms with Gasteiger partial charge in [-0.15, -0.1) is 0 Å². The van der Waals surface area contributed by atoms with Gasteiger partial charge in [-0.05, 0) is 45.7 Å². The Kier molecular flexibility index (Phi) is 7.40. The fourth-order valence-corrected chi connectivity index (χ4v) is 6.50. The molecule has 242 valence electrons. The van der Waals surface area contributed by atoms with E-state index >= 15 is 4.39 Å². The summed E-state index contributed by atoms with van der Waals surface area (Å²) in [6, 6.07) is 0.889. The van der Waals surface area contributed by atoms with Crippen LogP contribution in [0.25, 0.3) is 22.2 Å². The minimum absolute atomic E-state index is 0.0276. The molecular weight excluding hydrogens is 596 g/mol. The summed E-state index contributed by atoms with van der Waals surface area (Å²) in [5.41, 5.74) is 2.87. The van der Waals surface area contributed by atoms with E-state index in [1.165, 1.54) is 6.92 Å². The highest BCUT2D eigenvalue weighted by Gasteiger charge is 2.53. The van der Waals surface area contributed by atoms with Gasteiger partial charge in [-0.2, -0.15) is 23.1 Å². The third-order valence-corrected chi connectivity index (χ3v) is 9.14. The minimum atomic E-state index is -4.85. The van der Waals surface area contributed by atoms with E-state index < -0.39 is 40.6 Å². The number of nitrogens with one attached hydrogen (secondary N) is 2. The number of pyridine rings is 2. The maximum absolute atomic E-state index is 16.6. The van der Waals surface area contributed by atoms with Gasteiger partial charge >= 0.3 is 12.2 Å². The Morgan fingerprint density at radius 3 is 2.58 bits per heavy atom. The van der Waals surface area contributed by atoms with E-state index in [9.17, 15) is 13.2 Å². The lowest BCUT2D eigenvalue weighted by molar-refractivity contribution is -0.224. The van der Waals surface area contributed by atoms with Crippen LogP contribution < -0.4 is 25.8 Å². The van der Waals surface area contributed by atoms with E-state index in [0.29, 0.717) is 32.7 Å². The molecule has 1 atom stereocenters. The van der Waals surface area contributed by atoms with Crippen LogP contribution in [0, 0.1) is 18.2 Å². The summed E-state index contributed by atoms with van der Waals surface area (Å²) in [5, 5.41) is 6.61. The zero-order valence-electron chi connectivity index (χ0n) is 25.2. The number of nitrogens with zero attached hydrogens (tertiary/aromatic N) is 5. The standard InChI is InChI=1S/C30H36F4N8O3/c1-16-3-7-36-8-9-37-25-20-24(40-27(41-25)43-15-28(4-5-28)12-42-13-29(14-42)6-10-44-29)22(31)23(39-26(20)45-16)18-11-19(35)38-17(2)21(18)30(32,33)34/h11,16,36H,3-10,12-15H2,1-2H3,(H2,35,38)(H,37,40,41). The highest BCUT2D eigenvalue weighted by molar-refractivity contribution is 5.96. The summed E-state index contributed by atoms with van der Waals surface area (Å²) in [6.07, 6.45) is -1.64. The van der Waals surface area contributed by atoms with Crippen molar-refractivity contribution in [3.8, 4) is 23.1 Å². The topological polar surface area (TPSA) is 133 Å². The molecule has 0 bridgehead atoms. The molecule has 3 aromatic heterocycles. The zero-order chi connectivity index (χ0) is 31.6. The van der Waals surface area contributed by atoms with Gasteiger partial charge in [-0.3, -0.25) is 4.90 Å².